The zero-order valence-corrected chi connectivity index (χ0v) is 11.4. The zero-order valence-electron chi connectivity index (χ0n) is 11.4. The average Bonchev–Trinajstić information content (AvgIpc) is 2.40. The van der Waals surface area contributed by atoms with Crippen LogP contribution in [0.25, 0.3) is 0 Å². The number of nitrogens with zero attached hydrogens (tertiary/aromatic N) is 1. The molecule has 1 aliphatic heterocycles. The Morgan fingerprint density at radius 1 is 1.39 bits per heavy atom. The Morgan fingerprint density at radius 3 is 2.67 bits per heavy atom. The van der Waals surface area contributed by atoms with Gasteiger partial charge >= 0.3 is 0 Å². The van der Waals surface area contributed by atoms with Crippen LogP contribution < -0.4 is 10.5 Å². The first-order valence-electron chi connectivity index (χ1n) is 6.82. The second kappa shape index (κ2) is 6.21. The predicted molar refractivity (Wildman–Crippen MR) is 74.8 cm³/mol. The second-order valence-corrected chi connectivity index (χ2v) is 5.27. The van der Waals surface area contributed by atoms with E-state index in [0.29, 0.717) is 12.6 Å². The topological polar surface area (TPSA) is 38.5 Å². The quantitative estimate of drug-likeness (QED) is 0.889. The monoisotopic (exact) mass is 248 g/mol. The highest BCUT2D eigenvalue weighted by atomic mass is 16.5. The van der Waals surface area contributed by atoms with Gasteiger partial charge in [0.2, 0.25) is 0 Å². The van der Waals surface area contributed by atoms with E-state index < -0.39 is 0 Å². The fourth-order valence-corrected chi connectivity index (χ4v) is 2.83. The van der Waals surface area contributed by atoms with E-state index in [4.69, 9.17) is 10.5 Å². The van der Waals surface area contributed by atoms with E-state index in [1.54, 1.807) is 7.11 Å². The van der Waals surface area contributed by atoms with Gasteiger partial charge in [-0.1, -0.05) is 19.1 Å². The van der Waals surface area contributed by atoms with Crippen molar-refractivity contribution in [2.45, 2.75) is 25.8 Å². The maximum Gasteiger partial charge on any atom is 0.118 e. The van der Waals surface area contributed by atoms with Crippen LogP contribution in [0.1, 0.15) is 31.4 Å². The van der Waals surface area contributed by atoms with Gasteiger partial charge < -0.3 is 10.5 Å². The van der Waals surface area contributed by atoms with Crippen LogP contribution in [-0.4, -0.2) is 31.6 Å². The summed E-state index contributed by atoms with van der Waals surface area (Å²) >= 11 is 0. The molecule has 2 atom stereocenters. The number of nitrogens with two attached hydrogens (primary N) is 1. The molecule has 0 amide bonds. The first kappa shape index (κ1) is 13.4. The average molecular weight is 248 g/mol. The molecule has 1 aromatic rings. The van der Waals surface area contributed by atoms with Crippen LogP contribution in [0, 0.1) is 5.92 Å². The largest absolute Gasteiger partial charge is 0.497 e. The summed E-state index contributed by atoms with van der Waals surface area (Å²) in [6.07, 6.45) is 2.63. The molecule has 1 aliphatic rings. The van der Waals surface area contributed by atoms with Crippen molar-refractivity contribution in [3.05, 3.63) is 29.8 Å². The first-order valence-corrected chi connectivity index (χ1v) is 6.82. The third kappa shape index (κ3) is 3.03. The second-order valence-electron chi connectivity index (χ2n) is 5.27. The van der Waals surface area contributed by atoms with Crippen molar-refractivity contribution in [3.8, 4) is 5.75 Å². The number of benzene rings is 1. The minimum Gasteiger partial charge on any atom is -0.497 e. The Bertz CT molecular complexity index is 363. The van der Waals surface area contributed by atoms with Crippen LogP contribution in [-0.2, 0) is 0 Å². The number of rotatable bonds is 4. The summed E-state index contributed by atoms with van der Waals surface area (Å²) in [6, 6.07) is 8.65. The van der Waals surface area contributed by atoms with Crippen LogP contribution in [0.2, 0.25) is 0 Å². The van der Waals surface area contributed by atoms with Crippen molar-refractivity contribution < 1.29 is 4.74 Å². The maximum absolute atomic E-state index is 5.98. The molecule has 0 saturated carbocycles. The zero-order chi connectivity index (χ0) is 13.0. The lowest BCUT2D eigenvalue weighted by Crippen LogP contribution is -2.40. The van der Waals surface area contributed by atoms with Crippen LogP contribution in [0.3, 0.4) is 0 Å². The Morgan fingerprint density at radius 2 is 2.11 bits per heavy atom. The number of ether oxygens (including phenoxy) is 1. The van der Waals surface area contributed by atoms with Gasteiger partial charge in [0.15, 0.2) is 0 Å². The molecule has 1 aromatic carbocycles. The molecule has 1 saturated heterocycles. The Balaban J connectivity index is 2.11. The summed E-state index contributed by atoms with van der Waals surface area (Å²) in [5, 5.41) is 0. The van der Waals surface area contributed by atoms with Crippen molar-refractivity contribution in [1.82, 2.24) is 4.90 Å². The molecular weight excluding hydrogens is 224 g/mol. The fourth-order valence-electron chi connectivity index (χ4n) is 2.83. The number of likely N-dealkylation sites (tertiary alicyclic amines) is 1. The smallest absolute Gasteiger partial charge is 0.118 e. The number of methoxy groups -OCH3 is 1. The van der Waals surface area contributed by atoms with Crippen LogP contribution in [0.5, 0.6) is 5.75 Å². The lowest BCUT2D eigenvalue weighted by molar-refractivity contribution is 0.133. The van der Waals surface area contributed by atoms with Gasteiger partial charge in [-0.15, -0.1) is 0 Å². The van der Waals surface area contributed by atoms with Gasteiger partial charge in [0, 0.05) is 19.1 Å². The highest BCUT2D eigenvalue weighted by Gasteiger charge is 2.23. The van der Waals surface area contributed by atoms with E-state index in [1.807, 2.05) is 12.1 Å². The Kier molecular flexibility index (Phi) is 4.61. The van der Waals surface area contributed by atoms with Crippen molar-refractivity contribution >= 4 is 0 Å². The maximum atomic E-state index is 5.98. The first-order chi connectivity index (χ1) is 8.74. The van der Waals surface area contributed by atoms with Crippen molar-refractivity contribution in [2.24, 2.45) is 11.7 Å². The van der Waals surface area contributed by atoms with Gasteiger partial charge in [0.1, 0.15) is 5.75 Å². The summed E-state index contributed by atoms with van der Waals surface area (Å²) in [5.74, 6) is 1.69. The van der Waals surface area contributed by atoms with Crippen molar-refractivity contribution in [1.29, 1.82) is 0 Å². The normalized spacial score (nSPS) is 22.7. The van der Waals surface area contributed by atoms with Gasteiger partial charge in [0.05, 0.1) is 7.11 Å². The summed E-state index contributed by atoms with van der Waals surface area (Å²) in [7, 11) is 1.70. The summed E-state index contributed by atoms with van der Waals surface area (Å²) < 4.78 is 5.20. The van der Waals surface area contributed by atoms with E-state index in [9.17, 15) is 0 Å². The molecule has 0 spiro atoms. The summed E-state index contributed by atoms with van der Waals surface area (Å²) in [4.78, 5) is 2.52. The van der Waals surface area contributed by atoms with E-state index in [2.05, 4.69) is 24.0 Å². The molecule has 2 N–H and O–H groups in total. The Hall–Kier alpha value is -1.06. The predicted octanol–water partition coefficient (Wildman–Crippen LogP) is 2.43. The molecule has 1 heterocycles. The van der Waals surface area contributed by atoms with Crippen LogP contribution >= 0.6 is 0 Å². The summed E-state index contributed by atoms with van der Waals surface area (Å²) in [6.45, 7) is 5.33. The molecule has 3 nitrogen and oxygen atoms in total. The molecule has 0 aliphatic carbocycles. The van der Waals surface area contributed by atoms with E-state index in [-0.39, 0.29) is 0 Å². The fraction of sp³-hybridized carbons (Fsp3) is 0.600. The molecule has 100 valence electrons. The lowest BCUT2D eigenvalue weighted by atomic mass is 9.96. The Labute approximate surface area is 110 Å². The van der Waals surface area contributed by atoms with Crippen LogP contribution in [0.15, 0.2) is 24.3 Å². The molecule has 3 heteroatoms. The molecule has 0 radical (unpaired) electrons. The van der Waals surface area contributed by atoms with Gasteiger partial charge in [-0.25, -0.2) is 0 Å². The third-order valence-electron chi connectivity index (χ3n) is 3.85. The standard InChI is InChI=1S/C15H24N2O/c1-12-4-3-9-17(11-12)15(10-16)13-5-7-14(18-2)8-6-13/h5-8,12,15H,3-4,9-11,16H2,1-2H3/t12-,15-/m1/s1. The number of piperidine rings is 1. The molecule has 0 unspecified atom stereocenters. The molecular formula is C15H24N2O. The van der Waals surface area contributed by atoms with E-state index in [1.165, 1.54) is 18.4 Å². The SMILES string of the molecule is COc1ccc([C@@H](CN)N2CCC[C@@H](C)C2)cc1. The minimum atomic E-state index is 0.346. The van der Waals surface area contributed by atoms with E-state index >= 15 is 0 Å². The number of hydrogen-bond acceptors (Lipinski definition) is 3. The van der Waals surface area contributed by atoms with Gasteiger partial charge in [-0.3, -0.25) is 4.90 Å². The van der Waals surface area contributed by atoms with Crippen molar-refractivity contribution in [2.75, 3.05) is 26.7 Å². The van der Waals surface area contributed by atoms with E-state index in [0.717, 1.165) is 24.8 Å². The number of hydrogen-bond donors (Lipinski definition) is 1. The van der Waals surface area contributed by atoms with Gasteiger partial charge in [-0.2, -0.15) is 0 Å². The highest BCUT2D eigenvalue weighted by Crippen LogP contribution is 2.27. The van der Waals surface area contributed by atoms with Crippen molar-refractivity contribution in [3.63, 3.8) is 0 Å². The molecule has 0 bridgehead atoms. The van der Waals surface area contributed by atoms with Crippen LogP contribution in [0.4, 0.5) is 0 Å². The minimum absolute atomic E-state index is 0.346. The third-order valence-corrected chi connectivity index (χ3v) is 3.85. The lowest BCUT2D eigenvalue weighted by Gasteiger charge is -2.37. The molecule has 1 fully saturated rings. The summed E-state index contributed by atoms with van der Waals surface area (Å²) in [5.41, 5.74) is 7.28. The molecule has 2 rings (SSSR count). The van der Waals surface area contributed by atoms with Gasteiger partial charge in [0.25, 0.3) is 0 Å². The molecule has 18 heavy (non-hydrogen) atoms. The molecule has 0 aromatic heterocycles. The van der Waals surface area contributed by atoms with Gasteiger partial charge in [-0.05, 0) is 43.0 Å². The highest BCUT2D eigenvalue weighted by molar-refractivity contribution is 5.29.